The van der Waals surface area contributed by atoms with Crippen LogP contribution in [0, 0.1) is 19.8 Å². The minimum Gasteiger partial charge on any atom is -0.496 e. The number of aromatic nitrogens is 3. The summed E-state index contributed by atoms with van der Waals surface area (Å²) in [5.41, 5.74) is 7.88. The molecular formula is C29H35N5OS. The molecule has 188 valence electrons. The van der Waals surface area contributed by atoms with Crippen LogP contribution in [-0.2, 0) is 6.54 Å². The van der Waals surface area contributed by atoms with Gasteiger partial charge in [0, 0.05) is 26.2 Å². The van der Waals surface area contributed by atoms with E-state index in [1.807, 2.05) is 14.1 Å². The van der Waals surface area contributed by atoms with Crippen LogP contribution in [0.5, 0.6) is 5.75 Å². The summed E-state index contributed by atoms with van der Waals surface area (Å²) < 4.78 is 7.92. The summed E-state index contributed by atoms with van der Waals surface area (Å²) in [5.74, 6) is 2.59. The monoisotopic (exact) mass is 501 g/mol. The molecule has 1 aliphatic rings. The number of fused-ring (bicyclic) bond motifs is 1. The van der Waals surface area contributed by atoms with Gasteiger partial charge in [0.1, 0.15) is 16.6 Å². The van der Waals surface area contributed by atoms with Crippen molar-refractivity contribution >= 4 is 28.8 Å². The summed E-state index contributed by atoms with van der Waals surface area (Å²) in [6.45, 7) is 6.02. The molecule has 7 heteroatoms. The second-order valence-corrected chi connectivity index (χ2v) is 10.7. The quantitative estimate of drug-likeness (QED) is 0.254. The van der Waals surface area contributed by atoms with Crippen molar-refractivity contribution in [1.29, 1.82) is 0 Å². The standard InChI is InChI=1S/C29H35N5OS/c1-19-15-20(2)27(25(16-19)35-5)23-10-8-11-24-28(29(36-6)31-34(23)24)33(17-21-13-14-21)18-22-9-7-12-26(30-22)32(3)4/h7-12,15-16,21H,13-14,17-18H2,1-6H3. The summed E-state index contributed by atoms with van der Waals surface area (Å²) in [4.78, 5) is 9.48. The van der Waals surface area contributed by atoms with E-state index in [1.54, 1.807) is 18.9 Å². The Hall–Kier alpha value is -3.19. The van der Waals surface area contributed by atoms with Crippen LogP contribution >= 0.6 is 11.8 Å². The molecule has 1 aliphatic carbocycles. The van der Waals surface area contributed by atoms with Crippen molar-refractivity contribution in [3.8, 4) is 17.0 Å². The normalized spacial score (nSPS) is 13.3. The first-order chi connectivity index (χ1) is 17.4. The van der Waals surface area contributed by atoms with Gasteiger partial charge in [0.15, 0.2) is 0 Å². The Labute approximate surface area is 218 Å². The third-order valence-corrected chi connectivity index (χ3v) is 7.47. The number of pyridine rings is 2. The fourth-order valence-electron chi connectivity index (χ4n) is 4.92. The first kappa shape index (κ1) is 24.5. The lowest BCUT2D eigenvalue weighted by Gasteiger charge is -2.25. The summed E-state index contributed by atoms with van der Waals surface area (Å²) >= 11 is 1.70. The Morgan fingerprint density at radius 2 is 1.86 bits per heavy atom. The molecule has 0 unspecified atom stereocenters. The van der Waals surface area contributed by atoms with Crippen molar-refractivity contribution in [2.45, 2.75) is 38.3 Å². The molecule has 0 atom stereocenters. The molecular weight excluding hydrogens is 466 g/mol. The minimum atomic E-state index is 0.731. The number of anilines is 2. The van der Waals surface area contributed by atoms with E-state index in [0.717, 1.165) is 58.1 Å². The highest BCUT2D eigenvalue weighted by Gasteiger charge is 2.29. The third kappa shape index (κ3) is 4.76. The Bertz CT molecular complexity index is 1390. The van der Waals surface area contributed by atoms with E-state index in [9.17, 15) is 0 Å². The molecule has 0 radical (unpaired) electrons. The lowest BCUT2D eigenvalue weighted by atomic mass is 10.0. The maximum atomic E-state index is 5.82. The van der Waals surface area contributed by atoms with Crippen molar-refractivity contribution in [3.05, 3.63) is 65.4 Å². The van der Waals surface area contributed by atoms with Gasteiger partial charge in [0.05, 0.1) is 36.2 Å². The van der Waals surface area contributed by atoms with Crippen LogP contribution in [0.1, 0.15) is 29.7 Å². The van der Waals surface area contributed by atoms with Crippen molar-refractivity contribution in [3.63, 3.8) is 0 Å². The average molecular weight is 502 g/mol. The van der Waals surface area contributed by atoms with Gasteiger partial charge in [-0.25, -0.2) is 9.50 Å². The van der Waals surface area contributed by atoms with E-state index < -0.39 is 0 Å². The molecule has 0 amide bonds. The van der Waals surface area contributed by atoms with Crippen LogP contribution in [0.4, 0.5) is 11.5 Å². The molecule has 0 N–H and O–H groups in total. The molecule has 4 aromatic rings. The maximum Gasteiger partial charge on any atom is 0.142 e. The van der Waals surface area contributed by atoms with Crippen LogP contribution in [-0.4, -0.2) is 48.6 Å². The third-order valence-electron chi connectivity index (χ3n) is 6.81. The molecule has 5 rings (SSSR count). The first-order valence-electron chi connectivity index (χ1n) is 12.5. The van der Waals surface area contributed by atoms with Gasteiger partial charge in [-0.05, 0) is 80.3 Å². The number of rotatable bonds is 9. The van der Waals surface area contributed by atoms with Gasteiger partial charge < -0.3 is 14.5 Å². The van der Waals surface area contributed by atoms with Crippen molar-refractivity contribution in [1.82, 2.24) is 14.6 Å². The van der Waals surface area contributed by atoms with Gasteiger partial charge in [-0.2, -0.15) is 5.10 Å². The molecule has 3 heterocycles. The number of methoxy groups -OCH3 is 1. The number of thioether (sulfide) groups is 1. The largest absolute Gasteiger partial charge is 0.496 e. The predicted octanol–water partition coefficient (Wildman–Crippen LogP) is 6.23. The Morgan fingerprint density at radius 1 is 1.08 bits per heavy atom. The maximum absolute atomic E-state index is 5.82. The van der Waals surface area contributed by atoms with Gasteiger partial charge in [-0.15, -0.1) is 11.8 Å². The van der Waals surface area contributed by atoms with Gasteiger partial charge in [-0.1, -0.05) is 18.2 Å². The fraction of sp³-hybridized carbons (Fsp3) is 0.379. The molecule has 1 saturated carbocycles. The summed E-state index contributed by atoms with van der Waals surface area (Å²) in [6, 6.07) is 17.1. The van der Waals surface area contributed by atoms with E-state index in [0.29, 0.717) is 0 Å². The number of nitrogens with zero attached hydrogens (tertiary/aromatic N) is 5. The van der Waals surface area contributed by atoms with Gasteiger partial charge in [0.2, 0.25) is 0 Å². The molecule has 1 fully saturated rings. The SMILES string of the molecule is COc1cc(C)cc(C)c1-c1cccc2c(N(Cc3cccc(N(C)C)n3)CC3CC3)c(SC)nn12. The Kier molecular flexibility index (Phi) is 6.84. The number of aryl methyl sites for hydroxylation is 2. The van der Waals surface area contributed by atoms with Crippen molar-refractivity contribution < 1.29 is 4.74 Å². The van der Waals surface area contributed by atoms with Crippen LogP contribution < -0.4 is 14.5 Å². The molecule has 1 aromatic carbocycles. The molecule has 0 spiro atoms. The Morgan fingerprint density at radius 3 is 2.56 bits per heavy atom. The van der Waals surface area contributed by atoms with Crippen molar-refractivity contribution in [2.24, 2.45) is 5.92 Å². The van der Waals surface area contributed by atoms with Crippen LogP contribution in [0.15, 0.2) is 53.6 Å². The second-order valence-electron chi connectivity index (χ2n) is 9.93. The fourth-order valence-corrected chi connectivity index (χ4v) is 5.51. The molecule has 0 aliphatic heterocycles. The number of hydrogen-bond donors (Lipinski definition) is 0. The molecule has 0 bridgehead atoms. The molecule has 6 nitrogen and oxygen atoms in total. The smallest absolute Gasteiger partial charge is 0.142 e. The van der Waals surface area contributed by atoms with Crippen molar-refractivity contribution in [2.75, 3.05) is 43.8 Å². The summed E-state index contributed by atoms with van der Waals surface area (Å²) in [7, 11) is 5.81. The second kappa shape index (κ2) is 10.1. The van der Waals surface area contributed by atoms with Gasteiger partial charge in [0.25, 0.3) is 0 Å². The minimum absolute atomic E-state index is 0.731. The van der Waals surface area contributed by atoms with Gasteiger partial charge in [-0.3, -0.25) is 0 Å². The van der Waals surface area contributed by atoms with E-state index in [1.165, 1.54) is 29.7 Å². The molecule has 36 heavy (non-hydrogen) atoms. The zero-order valence-corrected chi connectivity index (χ0v) is 22.9. The molecule has 0 saturated heterocycles. The lowest BCUT2D eigenvalue weighted by molar-refractivity contribution is 0.415. The van der Waals surface area contributed by atoms with Crippen LogP contribution in [0.3, 0.4) is 0 Å². The van der Waals surface area contributed by atoms with E-state index in [-0.39, 0.29) is 0 Å². The zero-order chi connectivity index (χ0) is 25.4. The highest BCUT2D eigenvalue weighted by atomic mass is 32.2. The summed E-state index contributed by atoms with van der Waals surface area (Å²) in [6.07, 6.45) is 4.70. The van der Waals surface area contributed by atoms with Crippen LogP contribution in [0.2, 0.25) is 0 Å². The first-order valence-corrected chi connectivity index (χ1v) is 13.7. The van der Waals surface area contributed by atoms with E-state index in [4.69, 9.17) is 14.8 Å². The highest BCUT2D eigenvalue weighted by molar-refractivity contribution is 7.98. The van der Waals surface area contributed by atoms with E-state index >= 15 is 0 Å². The lowest BCUT2D eigenvalue weighted by Crippen LogP contribution is -2.26. The average Bonchev–Trinajstić information content (AvgIpc) is 3.59. The number of ether oxygens (including phenoxy) is 1. The van der Waals surface area contributed by atoms with Gasteiger partial charge >= 0.3 is 0 Å². The zero-order valence-electron chi connectivity index (χ0n) is 22.1. The van der Waals surface area contributed by atoms with E-state index in [2.05, 4.69) is 82.9 Å². The number of benzene rings is 1. The molecule has 3 aromatic heterocycles. The Balaban J connectivity index is 1.65. The summed E-state index contributed by atoms with van der Waals surface area (Å²) in [5, 5.41) is 6.17. The predicted molar refractivity (Wildman–Crippen MR) is 151 cm³/mol. The topological polar surface area (TPSA) is 45.9 Å². The van der Waals surface area contributed by atoms with Crippen LogP contribution in [0.25, 0.3) is 16.8 Å². The highest BCUT2D eigenvalue weighted by Crippen LogP contribution is 2.41. The number of hydrogen-bond acceptors (Lipinski definition) is 6.